The van der Waals surface area contributed by atoms with E-state index in [1.807, 2.05) is 18.2 Å². The molecule has 0 atom stereocenters. The summed E-state index contributed by atoms with van der Waals surface area (Å²) in [5.41, 5.74) is 2.48. The van der Waals surface area contributed by atoms with E-state index in [1.54, 1.807) is 0 Å². The Balaban J connectivity index is 2.61. The van der Waals surface area contributed by atoms with Crippen LogP contribution in [0.5, 0.6) is 0 Å². The van der Waals surface area contributed by atoms with E-state index in [-0.39, 0.29) is 0 Å². The van der Waals surface area contributed by atoms with Gasteiger partial charge in [0.2, 0.25) is 0 Å². The molecule has 1 aromatic rings. The van der Waals surface area contributed by atoms with E-state index in [9.17, 15) is 0 Å². The minimum Gasteiger partial charge on any atom is -0.313 e. The second kappa shape index (κ2) is 7.20. The molecule has 0 aliphatic rings. The molecule has 0 radical (unpaired) electrons. The third-order valence-electron chi connectivity index (χ3n) is 2.32. The first-order chi connectivity index (χ1) is 7.99. The number of hydrogen-bond donors (Lipinski definition) is 1. The van der Waals surface area contributed by atoms with E-state index in [1.165, 1.54) is 11.1 Å². The second-order valence-corrected chi connectivity index (χ2v) is 5.97. The molecule has 0 amide bonds. The highest BCUT2D eigenvalue weighted by Gasteiger charge is 1.99. The van der Waals surface area contributed by atoms with Crippen LogP contribution < -0.4 is 5.32 Å². The van der Waals surface area contributed by atoms with Crippen molar-refractivity contribution in [1.29, 1.82) is 0 Å². The van der Waals surface area contributed by atoms with Crippen LogP contribution in [0.4, 0.5) is 0 Å². The molecule has 0 fully saturated rings. The van der Waals surface area contributed by atoms with Gasteiger partial charge in [0, 0.05) is 16.0 Å². The van der Waals surface area contributed by atoms with E-state index in [2.05, 4.69) is 48.1 Å². The van der Waals surface area contributed by atoms with Gasteiger partial charge in [0.05, 0.1) is 0 Å². The summed E-state index contributed by atoms with van der Waals surface area (Å²) in [6.45, 7) is 8.53. The van der Waals surface area contributed by atoms with Crippen molar-refractivity contribution < 1.29 is 0 Å². The van der Waals surface area contributed by atoms with E-state index < -0.39 is 0 Å². The maximum atomic E-state index is 5.91. The lowest BCUT2D eigenvalue weighted by Gasteiger charge is -2.08. The van der Waals surface area contributed by atoms with Crippen LogP contribution in [0.25, 0.3) is 6.08 Å². The van der Waals surface area contributed by atoms with Crippen molar-refractivity contribution in [3.63, 3.8) is 0 Å². The molecule has 0 aliphatic heterocycles. The van der Waals surface area contributed by atoms with Gasteiger partial charge >= 0.3 is 0 Å². The third kappa shape index (κ3) is 5.71. The van der Waals surface area contributed by atoms with Gasteiger partial charge in [0.15, 0.2) is 0 Å². The summed E-state index contributed by atoms with van der Waals surface area (Å²) in [7, 11) is 0. The first-order valence-corrected chi connectivity index (χ1v) is 6.99. The van der Waals surface area contributed by atoms with Crippen LogP contribution >= 0.6 is 27.5 Å². The number of rotatable bonds is 5. The van der Waals surface area contributed by atoms with Crippen molar-refractivity contribution in [3.8, 4) is 0 Å². The summed E-state index contributed by atoms with van der Waals surface area (Å²) in [6.07, 6.45) is 2.17. The minimum absolute atomic E-state index is 0.685. The predicted molar refractivity (Wildman–Crippen MR) is 80.5 cm³/mol. The van der Waals surface area contributed by atoms with Gasteiger partial charge in [-0.05, 0) is 37.1 Å². The number of nitrogens with one attached hydrogen (secondary N) is 1. The van der Waals surface area contributed by atoms with E-state index in [4.69, 9.17) is 11.6 Å². The molecule has 0 unspecified atom stereocenters. The Bertz CT molecular complexity index is 399. The maximum Gasteiger partial charge on any atom is 0.0417 e. The van der Waals surface area contributed by atoms with Crippen molar-refractivity contribution in [2.45, 2.75) is 20.8 Å². The normalized spacial score (nSPS) is 12.2. The number of halogens is 2. The summed E-state index contributed by atoms with van der Waals surface area (Å²) in [5.74, 6) is 0.685. The number of benzene rings is 1. The highest BCUT2D eigenvalue weighted by atomic mass is 79.9. The molecular formula is C14H19BrClN. The van der Waals surface area contributed by atoms with Crippen LogP contribution in [0.15, 0.2) is 28.2 Å². The van der Waals surface area contributed by atoms with Crippen molar-refractivity contribution in [3.05, 3.63) is 38.8 Å². The molecule has 1 aromatic carbocycles. The highest BCUT2D eigenvalue weighted by Crippen LogP contribution is 2.23. The van der Waals surface area contributed by atoms with Crippen LogP contribution in [-0.2, 0) is 0 Å². The molecule has 1 nitrogen and oxygen atoms in total. The Kier molecular flexibility index (Phi) is 6.24. The molecule has 1 N–H and O–H groups in total. The van der Waals surface area contributed by atoms with Crippen LogP contribution in [0.2, 0.25) is 5.02 Å². The fraction of sp³-hybridized carbons (Fsp3) is 0.429. The quantitative estimate of drug-likeness (QED) is 0.826. The molecule has 1 rings (SSSR count). The Morgan fingerprint density at radius 1 is 1.47 bits per heavy atom. The summed E-state index contributed by atoms with van der Waals surface area (Å²) in [6, 6.07) is 5.85. The summed E-state index contributed by atoms with van der Waals surface area (Å²) >= 11 is 9.43. The SMILES string of the molecule is C/C(=C\c1ccc(Cl)cc1Br)CNCC(C)C. The largest absolute Gasteiger partial charge is 0.313 e. The summed E-state index contributed by atoms with van der Waals surface area (Å²) in [4.78, 5) is 0. The summed E-state index contributed by atoms with van der Waals surface area (Å²) < 4.78 is 1.04. The highest BCUT2D eigenvalue weighted by molar-refractivity contribution is 9.10. The van der Waals surface area contributed by atoms with Crippen LogP contribution in [0.1, 0.15) is 26.3 Å². The second-order valence-electron chi connectivity index (χ2n) is 4.68. The lowest BCUT2D eigenvalue weighted by Crippen LogP contribution is -2.21. The molecule has 0 spiro atoms. The third-order valence-corrected chi connectivity index (χ3v) is 3.24. The predicted octanol–water partition coefficient (Wildman–Crippen LogP) is 4.75. The van der Waals surface area contributed by atoms with Crippen molar-refractivity contribution >= 4 is 33.6 Å². The molecule has 0 heterocycles. The Morgan fingerprint density at radius 3 is 2.76 bits per heavy atom. The van der Waals surface area contributed by atoms with Gasteiger partial charge in [-0.25, -0.2) is 0 Å². The van der Waals surface area contributed by atoms with E-state index in [0.717, 1.165) is 22.6 Å². The maximum absolute atomic E-state index is 5.91. The Morgan fingerprint density at radius 2 is 2.18 bits per heavy atom. The van der Waals surface area contributed by atoms with Gasteiger partial charge in [0.25, 0.3) is 0 Å². The zero-order valence-electron chi connectivity index (χ0n) is 10.6. The smallest absolute Gasteiger partial charge is 0.0417 e. The van der Waals surface area contributed by atoms with Crippen LogP contribution in [0, 0.1) is 5.92 Å². The molecule has 0 aromatic heterocycles. The van der Waals surface area contributed by atoms with E-state index in [0.29, 0.717) is 5.92 Å². The van der Waals surface area contributed by atoms with Crippen LogP contribution in [0.3, 0.4) is 0 Å². The fourth-order valence-corrected chi connectivity index (χ4v) is 2.29. The standard InChI is InChI=1S/C14H19BrClN/c1-10(2)8-17-9-11(3)6-12-4-5-13(16)7-14(12)15/h4-7,10,17H,8-9H2,1-3H3/b11-6+. The van der Waals surface area contributed by atoms with Gasteiger partial charge in [0.1, 0.15) is 0 Å². The topological polar surface area (TPSA) is 12.0 Å². The molecule has 0 saturated carbocycles. The van der Waals surface area contributed by atoms with Gasteiger partial charge in [-0.15, -0.1) is 0 Å². The lowest BCUT2D eigenvalue weighted by molar-refractivity contribution is 0.572. The first kappa shape index (κ1) is 14.7. The summed E-state index contributed by atoms with van der Waals surface area (Å²) in [5, 5.41) is 4.18. The minimum atomic E-state index is 0.685. The Labute approximate surface area is 117 Å². The monoisotopic (exact) mass is 315 g/mol. The molecule has 3 heteroatoms. The van der Waals surface area contributed by atoms with Crippen molar-refractivity contribution in [1.82, 2.24) is 5.32 Å². The first-order valence-electron chi connectivity index (χ1n) is 5.82. The van der Waals surface area contributed by atoms with Gasteiger partial charge in [-0.2, -0.15) is 0 Å². The lowest BCUT2D eigenvalue weighted by atomic mass is 10.1. The fourth-order valence-electron chi connectivity index (χ4n) is 1.49. The van der Waals surface area contributed by atoms with Gasteiger partial charge < -0.3 is 5.32 Å². The van der Waals surface area contributed by atoms with Gasteiger partial charge in [-0.1, -0.05) is 59.1 Å². The van der Waals surface area contributed by atoms with Gasteiger partial charge in [-0.3, -0.25) is 0 Å². The van der Waals surface area contributed by atoms with Crippen molar-refractivity contribution in [2.75, 3.05) is 13.1 Å². The average molecular weight is 317 g/mol. The molecule has 0 aliphatic carbocycles. The zero-order valence-corrected chi connectivity index (χ0v) is 12.9. The molecule has 0 bridgehead atoms. The average Bonchev–Trinajstić information content (AvgIpc) is 2.21. The van der Waals surface area contributed by atoms with Crippen LogP contribution in [-0.4, -0.2) is 13.1 Å². The molecule has 0 saturated heterocycles. The zero-order chi connectivity index (χ0) is 12.8. The molecule has 94 valence electrons. The molecule has 17 heavy (non-hydrogen) atoms. The van der Waals surface area contributed by atoms with Crippen molar-refractivity contribution in [2.24, 2.45) is 5.92 Å². The molecular weight excluding hydrogens is 298 g/mol. The Hall–Kier alpha value is -0.310. The van der Waals surface area contributed by atoms with E-state index >= 15 is 0 Å². The number of hydrogen-bond acceptors (Lipinski definition) is 1.